The summed E-state index contributed by atoms with van der Waals surface area (Å²) < 4.78 is 11.7. The van der Waals surface area contributed by atoms with Gasteiger partial charge in [-0.05, 0) is 61.6 Å². The zero-order chi connectivity index (χ0) is 24.1. The molecule has 7 nitrogen and oxygen atoms in total. The van der Waals surface area contributed by atoms with Gasteiger partial charge >= 0.3 is 5.24 Å². The molecule has 0 atom stereocenters. The first kappa shape index (κ1) is 24.1. The van der Waals surface area contributed by atoms with Crippen LogP contribution in [0.25, 0.3) is 0 Å². The molecule has 1 aliphatic heterocycles. The number of nitrogens with zero attached hydrogens (tertiary/aromatic N) is 2. The number of amides is 2. The minimum absolute atomic E-state index is 0.0274. The standard InChI is InChI=1S/C26H31N3O4S/c1-17(2)25(30)27-20-11-8-18(9-12-20)15-29-26(31)34-16-22(28-29)19-10-13-23(32-3)24(14-19)33-21-6-4-5-7-21/h8-14,17,21H,4-7,15-16H2,1-3H3,(H,27,30). The van der Waals surface area contributed by atoms with E-state index < -0.39 is 0 Å². The molecule has 180 valence electrons. The summed E-state index contributed by atoms with van der Waals surface area (Å²) in [5.41, 5.74) is 3.41. The molecule has 0 aromatic heterocycles. The van der Waals surface area contributed by atoms with Crippen molar-refractivity contribution in [1.29, 1.82) is 0 Å². The third-order valence-corrected chi connectivity index (χ3v) is 6.83. The lowest BCUT2D eigenvalue weighted by atomic mass is 10.1. The lowest BCUT2D eigenvalue weighted by Gasteiger charge is -2.24. The summed E-state index contributed by atoms with van der Waals surface area (Å²) in [6.07, 6.45) is 4.73. The molecule has 4 rings (SSSR count). The fourth-order valence-electron chi connectivity index (χ4n) is 3.95. The Balaban J connectivity index is 1.49. The van der Waals surface area contributed by atoms with Crippen molar-refractivity contribution in [2.45, 2.75) is 52.2 Å². The first-order chi connectivity index (χ1) is 16.4. The lowest BCUT2D eigenvalue weighted by molar-refractivity contribution is -0.118. The van der Waals surface area contributed by atoms with Gasteiger partial charge in [-0.1, -0.05) is 37.7 Å². The van der Waals surface area contributed by atoms with Crippen molar-refractivity contribution in [3.8, 4) is 11.5 Å². The number of hydrazone groups is 1. The van der Waals surface area contributed by atoms with Crippen LogP contribution in [0.1, 0.15) is 50.7 Å². The summed E-state index contributed by atoms with van der Waals surface area (Å²) in [7, 11) is 1.64. The van der Waals surface area contributed by atoms with Crippen LogP contribution in [0.15, 0.2) is 47.6 Å². The number of hydrogen-bond acceptors (Lipinski definition) is 6. The number of carbonyl (C=O) groups excluding carboxylic acids is 2. The van der Waals surface area contributed by atoms with Crippen molar-refractivity contribution in [2.24, 2.45) is 11.0 Å². The Morgan fingerprint density at radius 2 is 1.88 bits per heavy atom. The molecule has 2 aromatic rings. The van der Waals surface area contributed by atoms with E-state index in [1.165, 1.54) is 29.6 Å². The van der Waals surface area contributed by atoms with Crippen LogP contribution in [0, 0.1) is 5.92 Å². The number of thioether (sulfide) groups is 1. The minimum Gasteiger partial charge on any atom is -0.493 e. The molecular weight excluding hydrogens is 450 g/mol. The Morgan fingerprint density at radius 3 is 2.56 bits per heavy atom. The van der Waals surface area contributed by atoms with Crippen molar-refractivity contribution < 1.29 is 19.1 Å². The van der Waals surface area contributed by atoms with Gasteiger partial charge in [-0.25, -0.2) is 5.01 Å². The summed E-state index contributed by atoms with van der Waals surface area (Å²) in [4.78, 5) is 24.4. The van der Waals surface area contributed by atoms with Crippen molar-refractivity contribution >= 4 is 34.3 Å². The smallest absolute Gasteiger partial charge is 0.302 e. The highest BCUT2D eigenvalue weighted by Crippen LogP contribution is 2.33. The van der Waals surface area contributed by atoms with Crippen LogP contribution in [0.5, 0.6) is 11.5 Å². The number of rotatable bonds is 8. The monoisotopic (exact) mass is 481 g/mol. The second-order valence-corrected chi connectivity index (χ2v) is 9.82. The van der Waals surface area contributed by atoms with Gasteiger partial charge in [0.25, 0.3) is 0 Å². The second-order valence-electron chi connectivity index (χ2n) is 8.89. The Labute approximate surface area is 204 Å². The summed E-state index contributed by atoms with van der Waals surface area (Å²) in [6, 6.07) is 13.3. The SMILES string of the molecule is COc1ccc(C2=NN(Cc3ccc(NC(=O)C(C)C)cc3)C(=O)SC2)cc1OC1CCCC1. The van der Waals surface area contributed by atoms with Crippen molar-refractivity contribution in [3.63, 3.8) is 0 Å². The zero-order valence-corrected chi connectivity index (χ0v) is 20.7. The van der Waals surface area contributed by atoms with Crippen LogP contribution in [-0.2, 0) is 11.3 Å². The summed E-state index contributed by atoms with van der Waals surface area (Å²) in [5.74, 6) is 1.82. The van der Waals surface area contributed by atoms with Crippen molar-refractivity contribution in [2.75, 3.05) is 18.2 Å². The van der Waals surface area contributed by atoms with Crippen LogP contribution in [0.2, 0.25) is 0 Å². The van der Waals surface area contributed by atoms with Gasteiger partial charge in [0, 0.05) is 22.9 Å². The molecule has 0 unspecified atom stereocenters. The topological polar surface area (TPSA) is 80.2 Å². The predicted molar refractivity (Wildman–Crippen MR) is 136 cm³/mol. The first-order valence-corrected chi connectivity index (χ1v) is 12.7. The van der Waals surface area contributed by atoms with Crippen LogP contribution < -0.4 is 14.8 Å². The lowest BCUT2D eigenvalue weighted by Crippen LogP contribution is -2.29. The maximum absolute atomic E-state index is 12.5. The van der Waals surface area contributed by atoms with E-state index in [1.807, 2.05) is 56.3 Å². The van der Waals surface area contributed by atoms with Gasteiger partial charge in [0.05, 0.1) is 25.5 Å². The molecule has 0 radical (unpaired) electrons. The van der Waals surface area contributed by atoms with Gasteiger partial charge in [0.15, 0.2) is 11.5 Å². The van der Waals surface area contributed by atoms with E-state index >= 15 is 0 Å². The van der Waals surface area contributed by atoms with Gasteiger partial charge in [0.1, 0.15) is 0 Å². The predicted octanol–water partition coefficient (Wildman–Crippen LogP) is 5.68. The highest BCUT2D eigenvalue weighted by Gasteiger charge is 2.24. The molecule has 1 aliphatic carbocycles. The molecule has 0 saturated heterocycles. The van der Waals surface area contributed by atoms with Gasteiger partial charge in [-0.2, -0.15) is 5.10 Å². The highest BCUT2D eigenvalue weighted by atomic mass is 32.2. The van der Waals surface area contributed by atoms with Gasteiger partial charge in [-0.3, -0.25) is 9.59 Å². The van der Waals surface area contributed by atoms with E-state index in [1.54, 1.807) is 7.11 Å². The molecule has 0 bridgehead atoms. The molecule has 2 amide bonds. The molecule has 1 saturated carbocycles. The van der Waals surface area contributed by atoms with E-state index in [0.29, 0.717) is 18.0 Å². The largest absolute Gasteiger partial charge is 0.493 e. The zero-order valence-electron chi connectivity index (χ0n) is 19.9. The quantitative estimate of drug-likeness (QED) is 0.524. The number of carbonyl (C=O) groups is 2. The number of anilines is 1. The minimum atomic E-state index is -0.0862. The van der Waals surface area contributed by atoms with Gasteiger partial charge in [0.2, 0.25) is 5.91 Å². The van der Waals surface area contributed by atoms with E-state index in [2.05, 4.69) is 10.4 Å². The molecule has 1 fully saturated rings. The summed E-state index contributed by atoms with van der Waals surface area (Å²) in [5, 5.41) is 8.95. The molecule has 0 spiro atoms. The average molecular weight is 482 g/mol. The Kier molecular flexibility index (Phi) is 7.77. The third kappa shape index (κ3) is 5.91. The molecule has 1 N–H and O–H groups in total. The maximum atomic E-state index is 12.5. The molecular formula is C26H31N3O4S. The fraction of sp³-hybridized carbons (Fsp3) is 0.423. The van der Waals surface area contributed by atoms with Crippen molar-refractivity contribution in [1.82, 2.24) is 5.01 Å². The average Bonchev–Trinajstić information content (AvgIpc) is 3.34. The number of nitrogens with one attached hydrogen (secondary N) is 1. The molecule has 34 heavy (non-hydrogen) atoms. The number of methoxy groups -OCH3 is 1. The van der Waals surface area contributed by atoms with E-state index in [-0.39, 0.29) is 23.2 Å². The Morgan fingerprint density at radius 1 is 1.15 bits per heavy atom. The Bertz CT molecular complexity index is 1060. The third-order valence-electron chi connectivity index (χ3n) is 5.96. The number of hydrogen-bond donors (Lipinski definition) is 1. The van der Waals surface area contributed by atoms with Gasteiger partial charge < -0.3 is 14.8 Å². The fourth-order valence-corrected chi connectivity index (χ4v) is 4.69. The number of benzene rings is 2. The number of ether oxygens (including phenoxy) is 2. The Hall–Kier alpha value is -3.00. The van der Waals surface area contributed by atoms with Crippen LogP contribution in [0.4, 0.5) is 10.5 Å². The molecule has 8 heteroatoms. The maximum Gasteiger partial charge on any atom is 0.302 e. The normalized spacial score (nSPS) is 16.5. The van der Waals surface area contributed by atoms with Crippen LogP contribution >= 0.6 is 11.8 Å². The van der Waals surface area contributed by atoms with Gasteiger partial charge in [-0.15, -0.1) is 0 Å². The van der Waals surface area contributed by atoms with Crippen LogP contribution in [0.3, 0.4) is 0 Å². The molecule has 1 heterocycles. The van der Waals surface area contributed by atoms with Crippen molar-refractivity contribution in [3.05, 3.63) is 53.6 Å². The van der Waals surface area contributed by atoms with E-state index in [0.717, 1.165) is 41.1 Å². The first-order valence-electron chi connectivity index (χ1n) is 11.7. The van der Waals surface area contributed by atoms with E-state index in [9.17, 15) is 9.59 Å². The highest BCUT2D eigenvalue weighted by molar-refractivity contribution is 8.14. The molecule has 2 aliphatic rings. The van der Waals surface area contributed by atoms with Crippen LogP contribution in [-0.4, -0.2) is 40.8 Å². The molecule has 2 aromatic carbocycles. The summed E-state index contributed by atoms with van der Waals surface area (Å²) >= 11 is 1.24. The summed E-state index contributed by atoms with van der Waals surface area (Å²) in [6.45, 7) is 4.06. The van der Waals surface area contributed by atoms with E-state index in [4.69, 9.17) is 9.47 Å². The second kappa shape index (κ2) is 11.0.